The van der Waals surface area contributed by atoms with Crippen LogP contribution in [0.4, 0.5) is 0 Å². The van der Waals surface area contributed by atoms with Gasteiger partial charge in [0, 0.05) is 25.4 Å². The molecule has 0 bridgehead atoms. The van der Waals surface area contributed by atoms with Crippen LogP contribution in [0.2, 0.25) is 0 Å². The number of benzene rings is 1. The molecule has 4 rings (SSSR count). The minimum absolute atomic E-state index is 1.12. The van der Waals surface area contributed by atoms with Crippen LogP contribution in [-0.4, -0.2) is 0 Å². The Kier molecular flexibility index (Phi) is 3.42. The molecule has 0 spiro atoms. The summed E-state index contributed by atoms with van der Waals surface area (Å²) in [5.74, 6) is 0. The Bertz CT molecular complexity index is 878. The quantitative estimate of drug-likeness (QED) is 0.383. The van der Waals surface area contributed by atoms with Crippen molar-refractivity contribution in [1.82, 2.24) is 0 Å². The number of rotatable bonds is 3. The Hall–Kier alpha value is -1.42. The summed E-state index contributed by atoms with van der Waals surface area (Å²) in [6.07, 6.45) is 1.12. The van der Waals surface area contributed by atoms with Crippen molar-refractivity contribution in [3.8, 4) is 19.5 Å². The highest BCUT2D eigenvalue weighted by molar-refractivity contribution is 7.27. The minimum atomic E-state index is 1.12. The molecule has 0 aliphatic rings. The van der Waals surface area contributed by atoms with E-state index in [1.165, 1.54) is 35.2 Å². The standard InChI is InChI=1S/C18H14S3/c1-2-12-9-10-16(20-12)18-14-7-4-3-6-13(14)17(21-18)15-8-5-11-19-15/h3-11H,2H2,1H3. The van der Waals surface area contributed by atoms with E-state index < -0.39 is 0 Å². The van der Waals surface area contributed by atoms with Crippen molar-refractivity contribution in [2.75, 3.05) is 0 Å². The number of aryl methyl sites for hydroxylation is 1. The van der Waals surface area contributed by atoms with Gasteiger partial charge in [-0.3, -0.25) is 0 Å². The van der Waals surface area contributed by atoms with Crippen LogP contribution in [0.25, 0.3) is 30.3 Å². The predicted molar refractivity (Wildman–Crippen MR) is 97.8 cm³/mol. The van der Waals surface area contributed by atoms with Gasteiger partial charge in [-0.25, -0.2) is 0 Å². The van der Waals surface area contributed by atoms with Gasteiger partial charge in [0.25, 0.3) is 0 Å². The van der Waals surface area contributed by atoms with Gasteiger partial charge < -0.3 is 0 Å². The molecule has 0 aliphatic carbocycles. The van der Waals surface area contributed by atoms with Crippen LogP contribution in [0.3, 0.4) is 0 Å². The van der Waals surface area contributed by atoms with Crippen LogP contribution in [0.5, 0.6) is 0 Å². The second kappa shape index (κ2) is 5.41. The first-order valence-electron chi connectivity index (χ1n) is 7.01. The summed E-state index contributed by atoms with van der Waals surface area (Å²) in [7, 11) is 0. The van der Waals surface area contributed by atoms with E-state index in [2.05, 4.69) is 60.8 Å². The van der Waals surface area contributed by atoms with E-state index in [1.807, 2.05) is 34.0 Å². The van der Waals surface area contributed by atoms with Crippen molar-refractivity contribution in [2.45, 2.75) is 13.3 Å². The van der Waals surface area contributed by atoms with Gasteiger partial charge in [-0.15, -0.1) is 34.0 Å². The lowest BCUT2D eigenvalue weighted by atomic mass is 10.1. The second-order valence-corrected chi connectivity index (χ2v) is 8.04. The van der Waals surface area contributed by atoms with Crippen molar-refractivity contribution in [1.29, 1.82) is 0 Å². The SMILES string of the molecule is CCc1ccc(-c2sc(-c3cccs3)c3ccccc23)s1. The lowest BCUT2D eigenvalue weighted by molar-refractivity contribution is 1.19. The molecule has 0 saturated carbocycles. The zero-order valence-corrected chi connectivity index (χ0v) is 14.1. The lowest BCUT2D eigenvalue weighted by Gasteiger charge is -1.94. The zero-order chi connectivity index (χ0) is 14.2. The van der Waals surface area contributed by atoms with Crippen LogP contribution in [0, 0.1) is 0 Å². The highest BCUT2D eigenvalue weighted by Gasteiger charge is 2.15. The molecule has 3 aromatic heterocycles. The van der Waals surface area contributed by atoms with Gasteiger partial charge in [0.2, 0.25) is 0 Å². The van der Waals surface area contributed by atoms with Gasteiger partial charge in [-0.2, -0.15) is 0 Å². The first kappa shape index (κ1) is 13.3. The van der Waals surface area contributed by atoms with Gasteiger partial charge in [0.1, 0.15) is 0 Å². The summed E-state index contributed by atoms with van der Waals surface area (Å²) in [6, 6.07) is 17.7. The summed E-state index contributed by atoms with van der Waals surface area (Å²) in [4.78, 5) is 7.05. The van der Waals surface area contributed by atoms with E-state index in [-0.39, 0.29) is 0 Å². The van der Waals surface area contributed by atoms with Crippen molar-refractivity contribution in [3.05, 3.63) is 58.8 Å². The monoisotopic (exact) mass is 326 g/mol. The molecule has 0 radical (unpaired) electrons. The molecule has 0 atom stereocenters. The minimum Gasteiger partial charge on any atom is -0.143 e. The van der Waals surface area contributed by atoms with Crippen LogP contribution in [0.15, 0.2) is 53.9 Å². The number of thiophene rings is 3. The van der Waals surface area contributed by atoms with E-state index in [4.69, 9.17) is 0 Å². The van der Waals surface area contributed by atoms with Gasteiger partial charge in [-0.1, -0.05) is 37.3 Å². The van der Waals surface area contributed by atoms with Crippen molar-refractivity contribution >= 4 is 44.8 Å². The van der Waals surface area contributed by atoms with Crippen LogP contribution < -0.4 is 0 Å². The summed E-state index contributed by atoms with van der Waals surface area (Å²) >= 11 is 5.68. The predicted octanol–water partition coefficient (Wildman–Crippen LogP) is 6.92. The summed E-state index contributed by atoms with van der Waals surface area (Å²) in [5.41, 5.74) is 0. The third-order valence-corrected chi connectivity index (χ3v) is 7.28. The van der Waals surface area contributed by atoms with E-state index in [0.717, 1.165) is 6.42 Å². The first-order valence-corrected chi connectivity index (χ1v) is 9.52. The van der Waals surface area contributed by atoms with Crippen LogP contribution in [-0.2, 0) is 6.42 Å². The smallest absolute Gasteiger partial charge is 0.0528 e. The number of hydrogen-bond acceptors (Lipinski definition) is 3. The molecule has 4 aromatic rings. The van der Waals surface area contributed by atoms with Crippen molar-refractivity contribution in [2.24, 2.45) is 0 Å². The van der Waals surface area contributed by atoms with Crippen LogP contribution in [0.1, 0.15) is 11.8 Å². The Morgan fingerprint density at radius 1 is 0.762 bits per heavy atom. The fourth-order valence-electron chi connectivity index (χ4n) is 2.55. The maximum absolute atomic E-state index is 2.28. The maximum atomic E-state index is 2.28. The fraction of sp³-hybridized carbons (Fsp3) is 0.111. The first-order chi connectivity index (χ1) is 10.4. The lowest BCUT2D eigenvalue weighted by Crippen LogP contribution is -1.68. The van der Waals surface area contributed by atoms with E-state index >= 15 is 0 Å². The Balaban J connectivity index is 1.97. The molecule has 3 heterocycles. The fourth-order valence-corrected chi connectivity index (χ4v) is 5.77. The van der Waals surface area contributed by atoms with Gasteiger partial charge in [-0.05, 0) is 30.0 Å². The average Bonchev–Trinajstić information content (AvgIpc) is 3.25. The summed E-state index contributed by atoms with van der Waals surface area (Å²) in [6.45, 7) is 2.22. The molecule has 3 heteroatoms. The highest BCUT2D eigenvalue weighted by atomic mass is 32.1. The normalized spacial score (nSPS) is 11.3. The molecular weight excluding hydrogens is 312 g/mol. The van der Waals surface area contributed by atoms with E-state index in [0.29, 0.717) is 0 Å². The molecule has 21 heavy (non-hydrogen) atoms. The molecule has 0 nitrogen and oxygen atoms in total. The molecule has 1 aromatic carbocycles. The number of fused-ring (bicyclic) bond motifs is 1. The Morgan fingerprint density at radius 3 is 2.14 bits per heavy atom. The molecule has 0 fully saturated rings. The second-order valence-electron chi connectivity index (χ2n) is 4.90. The van der Waals surface area contributed by atoms with Crippen molar-refractivity contribution < 1.29 is 0 Å². The van der Waals surface area contributed by atoms with Gasteiger partial charge >= 0.3 is 0 Å². The van der Waals surface area contributed by atoms with Gasteiger partial charge in [0.15, 0.2) is 0 Å². The van der Waals surface area contributed by atoms with E-state index in [9.17, 15) is 0 Å². The Morgan fingerprint density at radius 2 is 1.52 bits per heavy atom. The zero-order valence-electron chi connectivity index (χ0n) is 11.6. The van der Waals surface area contributed by atoms with Crippen LogP contribution >= 0.6 is 34.0 Å². The largest absolute Gasteiger partial charge is 0.143 e. The molecule has 0 saturated heterocycles. The Labute approximate surface area is 136 Å². The molecule has 0 aliphatic heterocycles. The summed E-state index contributed by atoms with van der Waals surface area (Å²) in [5, 5.41) is 4.92. The molecule has 0 unspecified atom stereocenters. The summed E-state index contributed by atoms with van der Waals surface area (Å²) < 4.78 is 0. The third kappa shape index (κ3) is 2.26. The highest BCUT2D eigenvalue weighted by Crippen LogP contribution is 2.46. The molecule has 0 N–H and O–H groups in total. The number of hydrogen-bond donors (Lipinski definition) is 0. The topological polar surface area (TPSA) is 0 Å². The molecule has 0 amide bonds. The maximum Gasteiger partial charge on any atom is 0.0528 e. The average molecular weight is 327 g/mol. The van der Waals surface area contributed by atoms with Gasteiger partial charge in [0.05, 0.1) is 9.75 Å². The third-order valence-electron chi connectivity index (χ3n) is 3.60. The molecule has 104 valence electrons. The van der Waals surface area contributed by atoms with E-state index in [1.54, 1.807) is 0 Å². The molecular formula is C18H14S3. The van der Waals surface area contributed by atoms with Crippen molar-refractivity contribution in [3.63, 3.8) is 0 Å².